The molecule has 0 aliphatic carbocycles. The van der Waals surface area contributed by atoms with Crippen molar-refractivity contribution in [1.29, 1.82) is 0 Å². The lowest BCUT2D eigenvalue weighted by Gasteiger charge is -2.32. The Bertz CT molecular complexity index is 438. The Morgan fingerprint density at radius 2 is 1.00 bits per heavy atom. The van der Waals surface area contributed by atoms with Gasteiger partial charge in [0, 0.05) is 63.4 Å². The summed E-state index contributed by atoms with van der Waals surface area (Å²) in [5, 5.41) is 0. The third-order valence-corrected chi connectivity index (χ3v) is 7.82. The minimum Gasteiger partial charge on any atom is -0.300 e. The van der Waals surface area contributed by atoms with Gasteiger partial charge in [-0.25, -0.2) is 0 Å². The van der Waals surface area contributed by atoms with Crippen LogP contribution in [-0.2, 0) is 0 Å². The molecule has 3 rings (SSSR count). The molecular weight excluding hydrogens is 332 g/mol. The Kier molecular flexibility index (Phi) is 7.63. The molecule has 0 N–H and O–H groups in total. The van der Waals surface area contributed by atoms with Gasteiger partial charge in [0.05, 0.1) is 0 Å². The quantitative estimate of drug-likeness (QED) is 0.674. The molecular formula is C23H46N4. The Labute approximate surface area is 169 Å². The maximum Gasteiger partial charge on any atom is 0.0112 e. The zero-order valence-electron chi connectivity index (χ0n) is 19.0. The number of fused-ring (bicyclic) bond motifs is 1. The van der Waals surface area contributed by atoms with Crippen molar-refractivity contribution in [2.24, 2.45) is 11.8 Å². The minimum atomic E-state index is 0.696. The topological polar surface area (TPSA) is 13.0 Å². The maximum atomic E-state index is 2.81. The van der Waals surface area contributed by atoms with E-state index in [-0.39, 0.29) is 0 Å². The van der Waals surface area contributed by atoms with E-state index in [0.717, 1.165) is 30.0 Å². The van der Waals surface area contributed by atoms with Crippen LogP contribution in [0.3, 0.4) is 0 Å². The number of hydrogen-bond acceptors (Lipinski definition) is 4. The first-order chi connectivity index (χ1) is 12.8. The molecule has 3 aliphatic rings. The second-order valence-corrected chi connectivity index (χ2v) is 10.3. The molecule has 3 fully saturated rings. The predicted octanol–water partition coefficient (Wildman–Crippen LogP) is 3.23. The van der Waals surface area contributed by atoms with Crippen LogP contribution in [0, 0.1) is 11.8 Å². The molecule has 0 aromatic heterocycles. The van der Waals surface area contributed by atoms with Crippen LogP contribution in [0.4, 0.5) is 0 Å². The monoisotopic (exact) mass is 378 g/mol. The standard InChI is InChI=1S/C23H46N4/c1-18(2)24-10-7-11-25(13-12-24)20(5)8-9-21(6)27-16-22-14-26(19(3)4)15-23(22)17-27/h18-23H,7-17H2,1-6H3. The first-order valence-electron chi connectivity index (χ1n) is 11.8. The lowest BCUT2D eigenvalue weighted by Crippen LogP contribution is -2.40. The van der Waals surface area contributed by atoms with Gasteiger partial charge in [-0.15, -0.1) is 0 Å². The Hall–Kier alpha value is -0.160. The van der Waals surface area contributed by atoms with E-state index < -0.39 is 0 Å². The summed E-state index contributed by atoms with van der Waals surface area (Å²) in [6, 6.07) is 2.91. The summed E-state index contributed by atoms with van der Waals surface area (Å²) in [6.07, 6.45) is 4.05. The molecule has 0 spiro atoms. The van der Waals surface area contributed by atoms with Gasteiger partial charge in [0.25, 0.3) is 0 Å². The molecule has 0 aromatic rings. The summed E-state index contributed by atoms with van der Waals surface area (Å²) in [7, 11) is 0. The SMILES string of the molecule is CC(C)N1CCCN(C(C)CCC(C)N2CC3CN(C(C)C)CC3C2)CC1. The van der Waals surface area contributed by atoms with Crippen LogP contribution in [0.15, 0.2) is 0 Å². The van der Waals surface area contributed by atoms with Crippen LogP contribution < -0.4 is 0 Å². The highest BCUT2D eigenvalue weighted by atomic mass is 15.3. The van der Waals surface area contributed by atoms with E-state index in [2.05, 4.69) is 61.1 Å². The molecule has 27 heavy (non-hydrogen) atoms. The van der Waals surface area contributed by atoms with Crippen molar-refractivity contribution >= 4 is 0 Å². The fraction of sp³-hybridized carbons (Fsp3) is 1.00. The summed E-state index contributed by atoms with van der Waals surface area (Å²) in [4.78, 5) is 10.9. The van der Waals surface area contributed by atoms with Crippen LogP contribution in [0.2, 0.25) is 0 Å². The Morgan fingerprint density at radius 1 is 0.556 bits per heavy atom. The molecule has 3 aliphatic heterocycles. The van der Waals surface area contributed by atoms with Crippen LogP contribution >= 0.6 is 0 Å². The van der Waals surface area contributed by atoms with E-state index in [9.17, 15) is 0 Å². The van der Waals surface area contributed by atoms with E-state index in [4.69, 9.17) is 0 Å². The van der Waals surface area contributed by atoms with Gasteiger partial charge in [0.15, 0.2) is 0 Å². The molecule has 4 heteroatoms. The summed E-state index contributed by atoms with van der Waals surface area (Å²) in [6.45, 7) is 24.8. The van der Waals surface area contributed by atoms with Gasteiger partial charge >= 0.3 is 0 Å². The number of hydrogen-bond donors (Lipinski definition) is 0. The zero-order chi connectivity index (χ0) is 19.6. The maximum absolute atomic E-state index is 2.81. The van der Waals surface area contributed by atoms with Gasteiger partial charge in [0.1, 0.15) is 0 Å². The molecule has 0 bridgehead atoms. The minimum absolute atomic E-state index is 0.696. The van der Waals surface area contributed by atoms with Gasteiger partial charge in [0.2, 0.25) is 0 Å². The van der Waals surface area contributed by atoms with Crippen LogP contribution in [0.5, 0.6) is 0 Å². The molecule has 0 saturated carbocycles. The van der Waals surface area contributed by atoms with E-state index >= 15 is 0 Å². The second kappa shape index (κ2) is 9.56. The highest BCUT2D eigenvalue weighted by molar-refractivity contribution is 4.95. The molecule has 3 heterocycles. The van der Waals surface area contributed by atoms with Crippen molar-refractivity contribution < 1.29 is 0 Å². The molecule has 4 atom stereocenters. The van der Waals surface area contributed by atoms with Crippen molar-refractivity contribution in [3.8, 4) is 0 Å². The average Bonchev–Trinajstić information content (AvgIpc) is 3.09. The lowest BCUT2D eigenvalue weighted by atomic mass is 10.0. The van der Waals surface area contributed by atoms with Crippen molar-refractivity contribution in [2.75, 3.05) is 52.4 Å². The molecule has 0 amide bonds. The fourth-order valence-corrected chi connectivity index (χ4v) is 5.61. The first-order valence-corrected chi connectivity index (χ1v) is 11.8. The van der Waals surface area contributed by atoms with Crippen LogP contribution in [0.25, 0.3) is 0 Å². The van der Waals surface area contributed by atoms with Crippen LogP contribution in [-0.4, -0.2) is 96.1 Å². The van der Waals surface area contributed by atoms with E-state index in [0.29, 0.717) is 6.04 Å². The van der Waals surface area contributed by atoms with E-state index in [1.807, 2.05) is 0 Å². The highest BCUT2D eigenvalue weighted by Gasteiger charge is 2.41. The van der Waals surface area contributed by atoms with Gasteiger partial charge in [-0.05, 0) is 85.7 Å². The third-order valence-electron chi connectivity index (χ3n) is 7.82. The van der Waals surface area contributed by atoms with Gasteiger partial charge in [-0.2, -0.15) is 0 Å². The summed E-state index contributed by atoms with van der Waals surface area (Å²) in [5.41, 5.74) is 0. The predicted molar refractivity (Wildman–Crippen MR) is 116 cm³/mol. The zero-order valence-corrected chi connectivity index (χ0v) is 19.0. The van der Waals surface area contributed by atoms with E-state index in [1.54, 1.807) is 0 Å². The van der Waals surface area contributed by atoms with Crippen LogP contribution in [0.1, 0.15) is 60.8 Å². The fourth-order valence-electron chi connectivity index (χ4n) is 5.61. The summed E-state index contributed by atoms with van der Waals surface area (Å²) < 4.78 is 0. The average molecular weight is 379 g/mol. The normalized spacial score (nSPS) is 31.6. The first kappa shape index (κ1) is 21.5. The Balaban J connectivity index is 1.39. The van der Waals surface area contributed by atoms with Gasteiger partial charge in [-0.1, -0.05) is 0 Å². The lowest BCUT2D eigenvalue weighted by molar-refractivity contribution is 0.161. The molecule has 3 saturated heterocycles. The van der Waals surface area contributed by atoms with Gasteiger partial charge < -0.3 is 4.90 Å². The molecule has 158 valence electrons. The second-order valence-electron chi connectivity index (χ2n) is 10.3. The summed E-state index contributed by atoms with van der Waals surface area (Å²) >= 11 is 0. The number of rotatable bonds is 7. The number of likely N-dealkylation sites (tertiary alicyclic amines) is 2. The van der Waals surface area contributed by atoms with Crippen molar-refractivity contribution in [3.05, 3.63) is 0 Å². The molecule has 0 radical (unpaired) electrons. The van der Waals surface area contributed by atoms with Crippen molar-refractivity contribution in [3.63, 3.8) is 0 Å². The smallest absolute Gasteiger partial charge is 0.0112 e. The van der Waals surface area contributed by atoms with E-state index in [1.165, 1.54) is 71.6 Å². The largest absolute Gasteiger partial charge is 0.300 e. The van der Waals surface area contributed by atoms with Crippen molar-refractivity contribution in [1.82, 2.24) is 19.6 Å². The molecule has 4 unspecified atom stereocenters. The number of nitrogens with zero attached hydrogens (tertiary/aromatic N) is 4. The van der Waals surface area contributed by atoms with Gasteiger partial charge in [-0.3, -0.25) is 14.7 Å². The highest BCUT2D eigenvalue weighted by Crippen LogP contribution is 2.33. The van der Waals surface area contributed by atoms with Crippen molar-refractivity contribution in [2.45, 2.75) is 85.0 Å². The Morgan fingerprint density at radius 3 is 1.56 bits per heavy atom. The summed E-state index contributed by atoms with van der Waals surface area (Å²) in [5.74, 6) is 1.86. The molecule has 0 aromatic carbocycles. The molecule has 4 nitrogen and oxygen atoms in total. The third kappa shape index (κ3) is 5.46.